The molecular formula is C10H14FN3. The largest absolute Gasteiger partial charge is 0.345 e. The minimum Gasteiger partial charge on any atom is -0.345 e. The van der Waals surface area contributed by atoms with Gasteiger partial charge in [0.15, 0.2) is 5.82 Å². The van der Waals surface area contributed by atoms with Crippen LogP contribution in [0.4, 0.5) is 4.39 Å². The van der Waals surface area contributed by atoms with Crippen molar-refractivity contribution in [3.63, 3.8) is 0 Å². The summed E-state index contributed by atoms with van der Waals surface area (Å²) >= 11 is 0. The van der Waals surface area contributed by atoms with Crippen LogP contribution in [0.15, 0.2) is 24.5 Å². The van der Waals surface area contributed by atoms with Crippen LogP contribution in [0.3, 0.4) is 0 Å². The van der Waals surface area contributed by atoms with Gasteiger partial charge in [0.1, 0.15) is 5.52 Å². The molecular weight excluding hydrogens is 181 g/mol. The predicted molar refractivity (Wildman–Crippen MR) is 55.7 cm³/mol. The summed E-state index contributed by atoms with van der Waals surface area (Å²) in [7, 11) is 1.93. The summed E-state index contributed by atoms with van der Waals surface area (Å²) in [5.74, 6) is -0.279. The van der Waals surface area contributed by atoms with Crippen LogP contribution in [-0.2, 0) is 0 Å². The summed E-state index contributed by atoms with van der Waals surface area (Å²) in [5.41, 5.74) is 1.14. The summed E-state index contributed by atoms with van der Waals surface area (Å²) in [5, 5.41) is 2.93. The second-order valence-electron chi connectivity index (χ2n) is 2.75. The summed E-state index contributed by atoms with van der Waals surface area (Å²) in [6.07, 6.45) is 1.48. The molecule has 0 unspecified atom stereocenters. The van der Waals surface area contributed by atoms with Gasteiger partial charge in [0.05, 0.1) is 11.8 Å². The van der Waals surface area contributed by atoms with Gasteiger partial charge in [0.2, 0.25) is 0 Å². The SMILES string of the molecule is CCNC.Fc1cccc2[nH]cnc12. The van der Waals surface area contributed by atoms with Crippen LogP contribution in [0.25, 0.3) is 11.0 Å². The van der Waals surface area contributed by atoms with E-state index < -0.39 is 0 Å². The Labute approximate surface area is 82.4 Å². The van der Waals surface area contributed by atoms with Crippen LogP contribution in [0.2, 0.25) is 0 Å². The molecule has 0 saturated carbocycles. The van der Waals surface area contributed by atoms with E-state index >= 15 is 0 Å². The molecule has 0 aliphatic heterocycles. The molecule has 1 aromatic heterocycles. The lowest BCUT2D eigenvalue weighted by molar-refractivity contribution is 0.637. The number of imidazole rings is 1. The van der Waals surface area contributed by atoms with Crippen molar-refractivity contribution in [2.75, 3.05) is 13.6 Å². The number of aromatic amines is 1. The molecule has 0 atom stereocenters. The minimum absolute atomic E-state index is 0.279. The minimum atomic E-state index is -0.279. The first-order chi connectivity index (χ1) is 6.79. The zero-order valence-electron chi connectivity index (χ0n) is 8.34. The van der Waals surface area contributed by atoms with Crippen molar-refractivity contribution >= 4 is 11.0 Å². The van der Waals surface area contributed by atoms with Gasteiger partial charge < -0.3 is 10.3 Å². The highest BCUT2D eigenvalue weighted by Crippen LogP contribution is 2.11. The molecule has 1 aromatic carbocycles. The van der Waals surface area contributed by atoms with E-state index in [2.05, 4.69) is 22.2 Å². The zero-order chi connectivity index (χ0) is 10.4. The lowest BCUT2D eigenvalue weighted by atomic mass is 10.3. The van der Waals surface area contributed by atoms with Crippen molar-refractivity contribution in [2.45, 2.75) is 6.92 Å². The maximum absolute atomic E-state index is 12.7. The van der Waals surface area contributed by atoms with Crippen molar-refractivity contribution < 1.29 is 4.39 Å². The Bertz CT molecular complexity index is 382. The van der Waals surface area contributed by atoms with E-state index in [9.17, 15) is 4.39 Å². The Morgan fingerprint density at radius 2 is 2.21 bits per heavy atom. The van der Waals surface area contributed by atoms with Gasteiger partial charge in [-0.25, -0.2) is 9.37 Å². The topological polar surface area (TPSA) is 40.7 Å². The molecule has 2 rings (SSSR count). The van der Waals surface area contributed by atoms with E-state index in [-0.39, 0.29) is 5.82 Å². The number of rotatable bonds is 1. The summed E-state index contributed by atoms with van der Waals surface area (Å²) < 4.78 is 12.7. The summed E-state index contributed by atoms with van der Waals surface area (Å²) in [4.78, 5) is 6.60. The van der Waals surface area contributed by atoms with Gasteiger partial charge in [-0.3, -0.25) is 0 Å². The van der Waals surface area contributed by atoms with E-state index in [1.807, 2.05) is 7.05 Å². The van der Waals surface area contributed by atoms with Crippen LogP contribution < -0.4 is 5.32 Å². The maximum atomic E-state index is 12.7. The average Bonchev–Trinajstić information content (AvgIpc) is 2.68. The lowest BCUT2D eigenvalue weighted by Gasteiger charge is -1.86. The first kappa shape index (κ1) is 10.7. The van der Waals surface area contributed by atoms with Crippen LogP contribution >= 0.6 is 0 Å². The van der Waals surface area contributed by atoms with Crippen LogP contribution in [-0.4, -0.2) is 23.6 Å². The Morgan fingerprint density at radius 1 is 1.50 bits per heavy atom. The third-order valence-electron chi connectivity index (χ3n) is 1.75. The van der Waals surface area contributed by atoms with Gasteiger partial charge in [-0.05, 0) is 25.7 Å². The molecule has 0 saturated heterocycles. The molecule has 0 fully saturated rings. The molecule has 1 heterocycles. The molecule has 76 valence electrons. The molecule has 2 N–H and O–H groups in total. The molecule has 0 aliphatic rings. The van der Waals surface area contributed by atoms with Crippen molar-refractivity contribution in [1.82, 2.24) is 15.3 Å². The van der Waals surface area contributed by atoms with E-state index in [0.717, 1.165) is 12.1 Å². The Balaban J connectivity index is 0.000000213. The van der Waals surface area contributed by atoms with Crippen molar-refractivity contribution in [1.29, 1.82) is 0 Å². The van der Waals surface area contributed by atoms with Gasteiger partial charge in [0.25, 0.3) is 0 Å². The fraction of sp³-hybridized carbons (Fsp3) is 0.300. The van der Waals surface area contributed by atoms with Gasteiger partial charge >= 0.3 is 0 Å². The number of nitrogens with zero attached hydrogens (tertiary/aromatic N) is 1. The number of hydrogen-bond donors (Lipinski definition) is 2. The first-order valence-electron chi connectivity index (χ1n) is 4.51. The Hall–Kier alpha value is -1.42. The van der Waals surface area contributed by atoms with E-state index in [1.54, 1.807) is 12.1 Å². The van der Waals surface area contributed by atoms with Crippen LogP contribution in [0, 0.1) is 5.82 Å². The average molecular weight is 195 g/mol. The molecule has 4 heteroatoms. The highest BCUT2D eigenvalue weighted by molar-refractivity contribution is 5.74. The van der Waals surface area contributed by atoms with Gasteiger partial charge in [0, 0.05) is 0 Å². The number of nitrogens with one attached hydrogen (secondary N) is 2. The fourth-order valence-electron chi connectivity index (χ4n) is 0.929. The van der Waals surface area contributed by atoms with Gasteiger partial charge in [-0.1, -0.05) is 13.0 Å². The second-order valence-corrected chi connectivity index (χ2v) is 2.75. The molecule has 3 nitrogen and oxygen atoms in total. The quantitative estimate of drug-likeness (QED) is 0.730. The third-order valence-corrected chi connectivity index (χ3v) is 1.75. The number of H-pyrrole nitrogens is 1. The number of para-hydroxylation sites is 1. The molecule has 0 aliphatic carbocycles. The van der Waals surface area contributed by atoms with Gasteiger partial charge in [-0.2, -0.15) is 0 Å². The molecule has 0 radical (unpaired) electrons. The summed E-state index contributed by atoms with van der Waals surface area (Å²) in [6.45, 7) is 3.14. The number of hydrogen-bond acceptors (Lipinski definition) is 2. The summed E-state index contributed by atoms with van der Waals surface area (Å²) in [6, 6.07) is 4.82. The molecule has 0 bridgehead atoms. The fourth-order valence-corrected chi connectivity index (χ4v) is 0.929. The normalized spacial score (nSPS) is 9.64. The first-order valence-corrected chi connectivity index (χ1v) is 4.51. The van der Waals surface area contributed by atoms with Crippen molar-refractivity contribution in [3.8, 4) is 0 Å². The van der Waals surface area contributed by atoms with Crippen LogP contribution in [0.5, 0.6) is 0 Å². The Morgan fingerprint density at radius 3 is 2.79 bits per heavy atom. The standard InChI is InChI=1S/C7H5FN2.C3H9N/c8-5-2-1-3-6-7(5)10-4-9-6;1-3-4-2/h1-4H,(H,9,10);4H,3H2,1-2H3. The smallest absolute Gasteiger partial charge is 0.151 e. The van der Waals surface area contributed by atoms with E-state index in [1.165, 1.54) is 12.4 Å². The number of aromatic nitrogens is 2. The second kappa shape index (κ2) is 5.34. The molecule has 0 amide bonds. The Kier molecular flexibility index (Phi) is 4.07. The monoisotopic (exact) mass is 195 g/mol. The van der Waals surface area contributed by atoms with Gasteiger partial charge in [-0.15, -0.1) is 0 Å². The third kappa shape index (κ3) is 2.53. The predicted octanol–water partition coefficient (Wildman–Crippen LogP) is 1.93. The van der Waals surface area contributed by atoms with Crippen molar-refractivity contribution in [3.05, 3.63) is 30.3 Å². The van der Waals surface area contributed by atoms with Crippen LogP contribution in [0.1, 0.15) is 6.92 Å². The zero-order valence-corrected chi connectivity index (χ0v) is 8.34. The highest BCUT2D eigenvalue weighted by atomic mass is 19.1. The number of fused-ring (bicyclic) bond motifs is 1. The number of benzene rings is 1. The number of halogens is 1. The van der Waals surface area contributed by atoms with E-state index in [0.29, 0.717) is 5.52 Å². The molecule has 2 aromatic rings. The molecule has 14 heavy (non-hydrogen) atoms. The highest BCUT2D eigenvalue weighted by Gasteiger charge is 1.99. The van der Waals surface area contributed by atoms with E-state index in [4.69, 9.17) is 0 Å². The molecule has 0 spiro atoms. The lowest BCUT2D eigenvalue weighted by Crippen LogP contribution is -2.01. The van der Waals surface area contributed by atoms with Crippen molar-refractivity contribution in [2.24, 2.45) is 0 Å². The maximum Gasteiger partial charge on any atom is 0.151 e.